The molecular weight excluding hydrogens is 251 g/mol. The molecule has 1 aromatic heterocycles. The minimum absolute atomic E-state index is 0.247. The molecule has 3 heteroatoms. The second-order valence-electron chi connectivity index (χ2n) is 6.24. The molecule has 1 saturated carbocycles. The van der Waals surface area contributed by atoms with Crippen LogP contribution < -0.4 is 5.32 Å². The standard InChI is InChI=1S/C17H27FN2/c1-3-16(17-8-7-15(18)12-20-17)19-10-9-14-6-4-5-13(2)11-14/h7-8,12-14,16,19H,3-6,9-11H2,1-2H3. The maximum absolute atomic E-state index is 12.9. The van der Waals surface area contributed by atoms with Gasteiger partial charge < -0.3 is 5.32 Å². The van der Waals surface area contributed by atoms with E-state index >= 15 is 0 Å². The number of halogens is 1. The molecule has 0 aliphatic heterocycles. The van der Waals surface area contributed by atoms with Crippen molar-refractivity contribution < 1.29 is 4.39 Å². The topological polar surface area (TPSA) is 24.9 Å². The molecule has 1 fully saturated rings. The van der Waals surface area contributed by atoms with E-state index in [4.69, 9.17) is 0 Å². The van der Waals surface area contributed by atoms with Crippen molar-refractivity contribution in [2.45, 2.75) is 58.4 Å². The number of hydrogen-bond donors (Lipinski definition) is 1. The van der Waals surface area contributed by atoms with Crippen LogP contribution >= 0.6 is 0 Å². The molecule has 0 bridgehead atoms. The van der Waals surface area contributed by atoms with Gasteiger partial charge in [0.15, 0.2) is 0 Å². The van der Waals surface area contributed by atoms with Gasteiger partial charge in [-0.3, -0.25) is 4.98 Å². The van der Waals surface area contributed by atoms with Crippen LogP contribution in [0.1, 0.15) is 64.1 Å². The third-order valence-corrected chi connectivity index (χ3v) is 4.50. The summed E-state index contributed by atoms with van der Waals surface area (Å²) < 4.78 is 12.9. The molecule has 3 atom stereocenters. The Hall–Kier alpha value is -0.960. The van der Waals surface area contributed by atoms with Crippen LogP contribution in [0.5, 0.6) is 0 Å². The van der Waals surface area contributed by atoms with Crippen molar-refractivity contribution in [1.29, 1.82) is 0 Å². The summed E-state index contributed by atoms with van der Waals surface area (Å²) >= 11 is 0. The summed E-state index contributed by atoms with van der Waals surface area (Å²) in [4.78, 5) is 4.19. The Morgan fingerprint density at radius 3 is 2.90 bits per heavy atom. The van der Waals surface area contributed by atoms with Crippen molar-refractivity contribution in [3.05, 3.63) is 29.8 Å². The molecule has 0 saturated heterocycles. The fourth-order valence-corrected chi connectivity index (χ4v) is 3.34. The van der Waals surface area contributed by atoms with Gasteiger partial charge in [0.05, 0.1) is 11.9 Å². The van der Waals surface area contributed by atoms with Crippen LogP contribution in [0.15, 0.2) is 18.3 Å². The number of hydrogen-bond acceptors (Lipinski definition) is 2. The van der Waals surface area contributed by atoms with Crippen LogP contribution in [0.3, 0.4) is 0 Å². The molecule has 1 aromatic rings. The smallest absolute Gasteiger partial charge is 0.141 e. The Bertz CT molecular complexity index is 390. The van der Waals surface area contributed by atoms with E-state index in [9.17, 15) is 4.39 Å². The average Bonchev–Trinajstić information content (AvgIpc) is 2.45. The summed E-state index contributed by atoms with van der Waals surface area (Å²) in [5.41, 5.74) is 0.950. The maximum atomic E-state index is 12.9. The van der Waals surface area contributed by atoms with Gasteiger partial charge in [0, 0.05) is 6.04 Å². The molecule has 3 unspecified atom stereocenters. The van der Waals surface area contributed by atoms with Crippen molar-refractivity contribution >= 4 is 0 Å². The minimum Gasteiger partial charge on any atom is -0.309 e. The van der Waals surface area contributed by atoms with E-state index in [-0.39, 0.29) is 11.9 Å². The summed E-state index contributed by atoms with van der Waals surface area (Å²) in [6.07, 6.45) is 9.11. The minimum atomic E-state index is -0.264. The predicted molar refractivity (Wildman–Crippen MR) is 81.0 cm³/mol. The lowest BCUT2D eigenvalue weighted by atomic mass is 9.81. The summed E-state index contributed by atoms with van der Waals surface area (Å²) in [5.74, 6) is 1.51. The van der Waals surface area contributed by atoms with Crippen molar-refractivity contribution in [2.75, 3.05) is 6.54 Å². The van der Waals surface area contributed by atoms with Crippen LogP contribution in [-0.2, 0) is 0 Å². The van der Waals surface area contributed by atoms with Crippen LogP contribution in [0, 0.1) is 17.7 Å². The van der Waals surface area contributed by atoms with Crippen LogP contribution in [0.4, 0.5) is 4.39 Å². The number of nitrogens with zero attached hydrogens (tertiary/aromatic N) is 1. The Kier molecular flexibility index (Phi) is 5.96. The lowest BCUT2D eigenvalue weighted by molar-refractivity contribution is 0.264. The Balaban J connectivity index is 1.77. The summed E-state index contributed by atoms with van der Waals surface area (Å²) in [6.45, 7) is 5.55. The Morgan fingerprint density at radius 1 is 1.40 bits per heavy atom. The van der Waals surface area contributed by atoms with Crippen molar-refractivity contribution in [3.8, 4) is 0 Å². The SMILES string of the molecule is CCC(NCCC1CCCC(C)C1)c1ccc(F)cn1. The Labute approximate surface area is 122 Å². The molecule has 20 heavy (non-hydrogen) atoms. The van der Waals surface area contributed by atoms with Crippen molar-refractivity contribution in [3.63, 3.8) is 0 Å². The molecule has 2 nitrogen and oxygen atoms in total. The lowest BCUT2D eigenvalue weighted by Crippen LogP contribution is -2.25. The fraction of sp³-hybridized carbons (Fsp3) is 0.706. The van der Waals surface area contributed by atoms with Gasteiger partial charge in [0.1, 0.15) is 5.82 Å². The quantitative estimate of drug-likeness (QED) is 0.830. The third kappa shape index (κ3) is 4.55. The fourth-order valence-electron chi connectivity index (χ4n) is 3.34. The van der Waals surface area contributed by atoms with E-state index < -0.39 is 0 Å². The highest BCUT2D eigenvalue weighted by atomic mass is 19.1. The zero-order valence-corrected chi connectivity index (χ0v) is 12.7. The molecular formula is C17H27FN2. The second-order valence-corrected chi connectivity index (χ2v) is 6.24. The highest BCUT2D eigenvalue weighted by Crippen LogP contribution is 2.30. The molecule has 112 valence electrons. The normalized spacial score (nSPS) is 24.6. The van der Waals surface area contributed by atoms with E-state index in [1.54, 1.807) is 6.07 Å². The van der Waals surface area contributed by atoms with Gasteiger partial charge in [0.25, 0.3) is 0 Å². The van der Waals surface area contributed by atoms with E-state index in [1.165, 1.54) is 44.4 Å². The van der Waals surface area contributed by atoms with Crippen LogP contribution in [0.2, 0.25) is 0 Å². The first-order valence-corrected chi connectivity index (χ1v) is 8.03. The van der Waals surface area contributed by atoms with Crippen molar-refractivity contribution in [1.82, 2.24) is 10.3 Å². The summed E-state index contributed by atoms with van der Waals surface area (Å²) in [6, 6.07) is 3.53. The highest BCUT2D eigenvalue weighted by Gasteiger charge is 2.19. The van der Waals surface area contributed by atoms with Gasteiger partial charge in [-0.1, -0.05) is 33.1 Å². The van der Waals surface area contributed by atoms with E-state index in [0.29, 0.717) is 0 Å². The second kappa shape index (κ2) is 7.72. The van der Waals surface area contributed by atoms with Gasteiger partial charge >= 0.3 is 0 Å². The summed E-state index contributed by atoms with van der Waals surface area (Å²) in [7, 11) is 0. The molecule has 0 aromatic carbocycles. The highest BCUT2D eigenvalue weighted by molar-refractivity contribution is 5.09. The molecule has 2 rings (SSSR count). The first kappa shape index (κ1) is 15.4. The van der Waals surface area contributed by atoms with E-state index in [2.05, 4.69) is 24.1 Å². The van der Waals surface area contributed by atoms with Gasteiger partial charge in [0.2, 0.25) is 0 Å². The van der Waals surface area contributed by atoms with Gasteiger partial charge in [-0.05, 0) is 49.8 Å². The zero-order chi connectivity index (χ0) is 14.4. The molecule has 1 heterocycles. The lowest BCUT2D eigenvalue weighted by Gasteiger charge is -2.27. The van der Waals surface area contributed by atoms with Crippen molar-refractivity contribution in [2.24, 2.45) is 11.8 Å². The van der Waals surface area contributed by atoms with E-state index in [0.717, 1.165) is 30.5 Å². The number of rotatable bonds is 6. The van der Waals surface area contributed by atoms with E-state index in [1.807, 2.05) is 0 Å². The molecule has 1 N–H and O–H groups in total. The third-order valence-electron chi connectivity index (χ3n) is 4.50. The molecule has 1 aliphatic rings. The number of aromatic nitrogens is 1. The van der Waals surface area contributed by atoms with Crippen LogP contribution in [0.25, 0.3) is 0 Å². The summed E-state index contributed by atoms with van der Waals surface area (Å²) in [5, 5.41) is 3.58. The number of nitrogens with one attached hydrogen (secondary N) is 1. The maximum Gasteiger partial charge on any atom is 0.141 e. The first-order valence-electron chi connectivity index (χ1n) is 8.03. The molecule has 1 aliphatic carbocycles. The monoisotopic (exact) mass is 278 g/mol. The van der Waals surface area contributed by atoms with Gasteiger partial charge in [-0.25, -0.2) is 4.39 Å². The molecule has 0 spiro atoms. The number of pyridine rings is 1. The predicted octanol–water partition coefficient (Wildman–Crippen LogP) is 4.48. The largest absolute Gasteiger partial charge is 0.309 e. The molecule has 0 radical (unpaired) electrons. The van der Waals surface area contributed by atoms with Crippen LogP contribution in [-0.4, -0.2) is 11.5 Å². The first-order chi connectivity index (χ1) is 9.69. The molecule has 0 amide bonds. The zero-order valence-electron chi connectivity index (χ0n) is 12.7. The Morgan fingerprint density at radius 2 is 2.25 bits per heavy atom. The average molecular weight is 278 g/mol. The van der Waals surface area contributed by atoms with Gasteiger partial charge in [-0.15, -0.1) is 0 Å². The van der Waals surface area contributed by atoms with Gasteiger partial charge in [-0.2, -0.15) is 0 Å².